The second-order valence-corrected chi connectivity index (χ2v) is 4.11. The minimum Gasteiger partial charge on any atom is -0.496 e. The van der Waals surface area contributed by atoms with Crippen LogP contribution in [0.4, 0.5) is 5.69 Å². The van der Waals surface area contributed by atoms with E-state index in [9.17, 15) is 4.79 Å². The lowest BCUT2D eigenvalue weighted by atomic mass is 10.1. The SMILES string of the molecule is CCc1cc(NCCCC(C)=O)ccc1OC. The van der Waals surface area contributed by atoms with Crippen LogP contribution in [0.25, 0.3) is 0 Å². The van der Waals surface area contributed by atoms with Crippen molar-refractivity contribution in [2.75, 3.05) is 19.0 Å². The van der Waals surface area contributed by atoms with Crippen LogP contribution in [-0.4, -0.2) is 19.4 Å². The Kier molecular flexibility index (Phi) is 5.53. The third kappa shape index (κ3) is 4.47. The lowest BCUT2D eigenvalue weighted by molar-refractivity contribution is -0.117. The number of hydrogen-bond donors (Lipinski definition) is 1. The van der Waals surface area contributed by atoms with Crippen LogP contribution >= 0.6 is 0 Å². The molecule has 1 aromatic rings. The van der Waals surface area contributed by atoms with Gasteiger partial charge in [0.2, 0.25) is 0 Å². The number of aryl methyl sites for hydroxylation is 1. The zero-order chi connectivity index (χ0) is 12.7. The molecule has 3 heteroatoms. The summed E-state index contributed by atoms with van der Waals surface area (Å²) >= 11 is 0. The zero-order valence-electron chi connectivity index (χ0n) is 10.9. The number of hydrogen-bond acceptors (Lipinski definition) is 3. The van der Waals surface area contributed by atoms with Gasteiger partial charge in [0.1, 0.15) is 11.5 Å². The van der Waals surface area contributed by atoms with Gasteiger partial charge in [-0.2, -0.15) is 0 Å². The first-order valence-electron chi connectivity index (χ1n) is 6.07. The highest BCUT2D eigenvalue weighted by Gasteiger charge is 2.02. The molecular weight excluding hydrogens is 214 g/mol. The van der Waals surface area contributed by atoms with E-state index in [0.29, 0.717) is 6.42 Å². The van der Waals surface area contributed by atoms with Crippen LogP contribution in [0.3, 0.4) is 0 Å². The largest absolute Gasteiger partial charge is 0.496 e. The highest BCUT2D eigenvalue weighted by atomic mass is 16.5. The minimum atomic E-state index is 0.246. The van der Waals surface area contributed by atoms with E-state index in [2.05, 4.69) is 18.3 Å². The van der Waals surface area contributed by atoms with Crippen molar-refractivity contribution < 1.29 is 9.53 Å². The number of Topliss-reactive ketones (excluding diaryl/α,β-unsaturated/α-hetero) is 1. The summed E-state index contributed by atoms with van der Waals surface area (Å²) in [6.07, 6.45) is 2.47. The molecule has 0 aromatic heterocycles. The van der Waals surface area contributed by atoms with Crippen molar-refractivity contribution in [2.45, 2.75) is 33.1 Å². The van der Waals surface area contributed by atoms with Gasteiger partial charge >= 0.3 is 0 Å². The van der Waals surface area contributed by atoms with Crippen LogP contribution in [0, 0.1) is 0 Å². The Morgan fingerprint density at radius 3 is 2.76 bits per heavy atom. The molecule has 0 aliphatic carbocycles. The van der Waals surface area contributed by atoms with E-state index in [1.165, 1.54) is 5.56 Å². The number of ether oxygens (including phenoxy) is 1. The molecule has 0 aliphatic rings. The highest BCUT2D eigenvalue weighted by Crippen LogP contribution is 2.22. The van der Waals surface area contributed by atoms with Crippen molar-refractivity contribution in [3.05, 3.63) is 23.8 Å². The van der Waals surface area contributed by atoms with Gasteiger partial charge in [0.15, 0.2) is 0 Å². The van der Waals surface area contributed by atoms with Gasteiger partial charge in [-0.3, -0.25) is 0 Å². The molecule has 0 radical (unpaired) electrons. The monoisotopic (exact) mass is 235 g/mol. The van der Waals surface area contributed by atoms with Gasteiger partial charge in [-0.05, 0) is 43.5 Å². The second-order valence-electron chi connectivity index (χ2n) is 4.11. The first-order valence-corrected chi connectivity index (χ1v) is 6.07. The molecule has 0 aliphatic heterocycles. The molecule has 0 atom stereocenters. The first kappa shape index (κ1) is 13.6. The topological polar surface area (TPSA) is 38.3 Å². The van der Waals surface area contributed by atoms with Crippen molar-refractivity contribution >= 4 is 11.5 Å². The summed E-state index contributed by atoms with van der Waals surface area (Å²) in [7, 11) is 1.69. The Morgan fingerprint density at radius 1 is 1.41 bits per heavy atom. The summed E-state index contributed by atoms with van der Waals surface area (Å²) in [6, 6.07) is 6.09. The van der Waals surface area contributed by atoms with Crippen molar-refractivity contribution in [1.82, 2.24) is 0 Å². The number of carbonyl (C=O) groups is 1. The summed E-state index contributed by atoms with van der Waals surface area (Å²) in [5, 5.41) is 3.32. The minimum absolute atomic E-state index is 0.246. The number of carbonyl (C=O) groups excluding carboxylic acids is 1. The molecule has 0 heterocycles. The summed E-state index contributed by atoms with van der Waals surface area (Å²) in [4.78, 5) is 10.8. The molecular formula is C14H21NO2. The molecule has 1 rings (SSSR count). The van der Waals surface area contributed by atoms with Crippen LogP contribution in [-0.2, 0) is 11.2 Å². The van der Waals surface area contributed by atoms with Gasteiger partial charge in [0.25, 0.3) is 0 Å². The summed E-state index contributed by atoms with van der Waals surface area (Å²) in [5.74, 6) is 1.18. The van der Waals surface area contributed by atoms with Crippen molar-refractivity contribution in [1.29, 1.82) is 0 Å². The molecule has 3 nitrogen and oxygen atoms in total. The third-order valence-electron chi connectivity index (χ3n) is 2.70. The lowest BCUT2D eigenvalue weighted by Gasteiger charge is -2.10. The summed E-state index contributed by atoms with van der Waals surface area (Å²) in [6.45, 7) is 4.56. The summed E-state index contributed by atoms with van der Waals surface area (Å²) in [5.41, 5.74) is 2.29. The number of methoxy groups -OCH3 is 1. The Hall–Kier alpha value is -1.51. The van der Waals surface area contributed by atoms with Crippen LogP contribution < -0.4 is 10.1 Å². The van der Waals surface area contributed by atoms with Gasteiger partial charge in [-0.15, -0.1) is 0 Å². The van der Waals surface area contributed by atoms with Crippen molar-refractivity contribution in [3.63, 3.8) is 0 Å². The number of rotatable bonds is 7. The molecule has 0 bridgehead atoms. The maximum absolute atomic E-state index is 10.8. The molecule has 1 aromatic carbocycles. The predicted molar refractivity (Wildman–Crippen MR) is 70.8 cm³/mol. The van der Waals surface area contributed by atoms with Gasteiger partial charge in [0.05, 0.1) is 7.11 Å². The predicted octanol–water partition coefficient (Wildman–Crippen LogP) is 3.04. The molecule has 17 heavy (non-hydrogen) atoms. The third-order valence-corrected chi connectivity index (χ3v) is 2.70. The maximum atomic E-state index is 10.8. The van der Waals surface area contributed by atoms with Crippen LogP contribution in [0.5, 0.6) is 5.75 Å². The smallest absolute Gasteiger partial charge is 0.129 e. The maximum Gasteiger partial charge on any atom is 0.129 e. The van der Waals surface area contributed by atoms with Gasteiger partial charge in [-0.1, -0.05) is 6.92 Å². The fraction of sp³-hybridized carbons (Fsp3) is 0.500. The van der Waals surface area contributed by atoms with Gasteiger partial charge in [-0.25, -0.2) is 0 Å². The fourth-order valence-corrected chi connectivity index (χ4v) is 1.73. The molecule has 0 spiro atoms. The van der Waals surface area contributed by atoms with E-state index in [4.69, 9.17) is 4.74 Å². The molecule has 0 saturated carbocycles. The highest BCUT2D eigenvalue weighted by molar-refractivity contribution is 5.75. The van der Waals surface area contributed by atoms with Gasteiger partial charge in [0, 0.05) is 18.7 Å². The average Bonchev–Trinajstić information content (AvgIpc) is 2.34. The van der Waals surface area contributed by atoms with Gasteiger partial charge < -0.3 is 14.8 Å². The molecule has 0 unspecified atom stereocenters. The van der Waals surface area contributed by atoms with Crippen molar-refractivity contribution in [3.8, 4) is 5.75 Å². The number of benzene rings is 1. The molecule has 94 valence electrons. The van der Waals surface area contributed by atoms with Crippen LogP contribution in [0.15, 0.2) is 18.2 Å². The molecule has 0 saturated heterocycles. The average molecular weight is 235 g/mol. The number of anilines is 1. The zero-order valence-corrected chi connectivity index (χ0v) is 10.9. The van der Waals surface area contributed by atoms with E-state index in [1.54, 1.807) is 14.0 Å². The van der Waals surface area contributed by atoms with E-state index in [-0.39, 0.29) is 5.78 Å². The van der Waals surface area contributed by atoms with E-state index in [1.807, 2.05) is 12.1 Å². The van der Waals surface area contributed by atoms with Crippen molar-refractivity contribution in [2.24, 2.45) is 0 Å². The standard InChI is InChI=1S/C14H21NO2/c1-4-12-10-13(7-8-14(12)17-3)15-9-5-6-11(2)16/h7-8,10,15H,4-6,9H2,1-3H3. The lowest BCUT2D eigenvalue weighted by Crippen LogP contribution is -2.04. The van der Waals surface area contributed by atoms with Crippen LogP contribution in [0.2, 0.25) is 0 Å². The normalized spacial score (nSPS) is 10.1. The molecule has 0 fully saturated rings. The molecule has 1 N–H and O–H groups in total. The summed E-state index contributed by atoms with van der Waals surface area (Å²) < 4.78 is 5.28. The Labute approximate surface area is 103 Å². The Morgan fingerprint density at radius 2 is 2.18 bits per heavy atom. The second kappa shape index (κ2) is 6.94. The Balaban J connectivity index is 2.51. The van der Waals surface area contributed by atoms with E-state index < -0.39 is 0 Å². The number of nitrogens with one attached hydrogen (secondary N) is 1. The van der Waals surface area contributed by atoms with E-state index >= 15 is 0 Å². The van der Waals surface area contributed by atoms with E-state index in [0.717, 1.165) is 30.8 Å². The Bertz CT molecular complexity index is 374. The first-order chi connectivity index (χ1) is 8.17. The quantitative estimate of drug-likeness (QED) is 0.738. The molecule has 0 amide bonds. The number of ketones is 1. The fourth-order valence-electron chi connectivity index (χ4n) is 1.73. The van der Waals surface area contributed by atoms with Crippen LogP contribution in [0.1, 0.15) is 32.3 Å².